The van der Waals surface area contributed by atoms with E-state index < -0.39 is 0 Å². The summed E-state index contributed by atoms with van der Waals surface area (Å²) in [4.78, 5) is 11.9. The molecule has 0 N–H and O–H groups in total. The molecule has 0 fully saturated rings. The molecule has 0 aromatic heterocycles. The first-order valence-corrected chi connectivity index (χ1v) is 10.4. The molecule has 0 aliphatic rings. The minimum absolute atomic E-state index is 0.0305. The van der Waals surface area contributed by atoms with Gasteiger partial charge in [-0.3, -0.25) is 4.79 Å². The van der Waals surface area contributed by atoms with Crippen LogP contribution in [0.2, 0.25) is 0 Å². The Morgan fingerprint density at radius 3 is 1.74 bits per heavy atom. The van der Waals surface area contributed by atoms with E-state index in [-0.39, 0.29) is 12.1 Å². The highest BCUT2D eigenvalue weighted by Gasteiger charge is 2.13. The molecule has 0 aromatic carbocycles. The highest BCUT2D eigenvalue weighted by Crippen LogP contribution is 2.16. The smallest absolute Gasteiger partial charge is 0.306 e. The molecule has 0 spiro atoms. The van der Waals surface area contributed by atoms with E-state index in [4.69, 9.17) is 4.74 Å². The minimum Gasteiger partial charge on any atom is -0.462 e. The molecule has 0 aliphatic heterocycles. The van der Waals surface area contributed by atoms with E-state index >= 15 is 0 Å². The predicted molar refractivity (Wildman–Crippen MR) is 101 cm³/mol. The van der Waals surface area contributed by atoms with Crippen LogP contribution in [0.3, 0.4) is 0 Å². The monoisotopic (exact) mass is 326 g/mol. The molecule has 0 aromatic rings. The van der Waals surface area contributed by atoms with Crippen LogP contribution in [0.4, 0.5) is 0 Å². The zero-order valence-electron chi connectivity index (χ0n) is 16.2. The average molecular weight is 327 g/mol. The van der Waals surface area contributed by atoms with Gasteiger partial charge in [0.25, 0.3) is 0 Å². The fraction of sp³-hybridized carbons (Fsp3) is 0.952. The number of carbonyl (C=O) groups excluding carboxylic acids is 1. The van der Waals surface area contributed by atoms with Gasteiger partial charge in [0.2, 0.25) is 0 Å². The lowest BCUT2D eigenvalue weighted by Crippen LogP contribution is -2.18. The molecule has 0 aliphatic carbocycles. The molecule has 2 nitrogen and oxygen atoms in total. The maximum atomic E-state index is 11.9. The zero-order valence-corrected chi connectivity index (χ0v) is 16.2. The Kier molecular flexibility index (Phi) is 17.4. The van der Waals surface area contributed by atoms with Crippen molar-refractivity contribution in [1.29, 1.82) is 0 Å². The first kappa shape index (κ1) is 22.5. The third kappa shape index (κ3) is 16.1. The third-order valence-corrected chi connectivity index (χ3v) is 4.52. The highest BCUT2D eigenvalue weighted by molar-refractivity contribution is 5.69. The van der Waals surface area contributed by atoms with E-state index in [1.165, 1.54) is 70.6 Å². The molecule has 1 atom stereocenters. The van der Waals surface area contributed by atoms with Crippen molar-refractivity contribution >= 4 is 5.97 Å². The van der Waals surface area contributed by atoms with Crippen LogP contribution in [-0.2, 0) is 9.53 Å². The minimum atomic E-state index is 0.0305. The maximum Gasteiger partial charge on any atom is 0.306 e. The standard InChI is InChI=1S/C21H42O2/c1-4-7-9-11-12-14-15-18-20(17-6-3)23-21(22)19-16-13-10-8-5-2/h20H,4-19H2,1-3H3. The maximum absolute atomic E-state index is 11.9. The molecule has 0 bridgehead atoms. The van der Waals surface area contributed by atoms with E-state index in [1.54, 1.807) is 0 Å². The molecule has 23 heavy (non-hydrogen) atoms. The Morgan fingerprint density at radius 1 is 0.652 bits per heavy atom. The van der Waals surface area contributed by atoms with Gasteiger partial charge < -0.3 is 4.74 Å². The molecule has 1 unspecified atom stereocenters. The zero-order chi connectivity index (χ0) is 17.2. The Bertz CT molecular complexity index is 250. The van der Waals surface area contributed by atoms with Gasteiger partial charge in [-0.05, 0) is 25.7 Å². The predicted octanol–water partition coefficient (Wildman–Crippen LogP) is 7.20. The third-order valence-electron chi connectivity index (χ3n) is 4.52. The highest BCUT2D eigenvalue weighted by atomic mass is 16.5. The molecular weight excluding hydrogens is 284 g/mol. The molecular formula is C21H42O2. The van der Waals surface area contributed by atoms with Crippen molar-refractivity contribution in [2.75, 3.05) is 0 Å². The van der Waals surface area contributed by atoms with Crippen LogP contribution >= 0.6 is 0 Å². The van der Waals surface area contributed by atoms with E-state index in [0.717, 1.165) is 25.7 Å². The average Bonchev–Trinajstić information content (AvgIpc) is 2.54. The van der Waals surface area contributed by atoms with E-state index in [0.29, 0.717) is 6.42 Å². The van der Waals surface area contributed by atoms with E-state index in [2.05, 4.69) is 20.8 Å². The quantitative estimate of drug-likeness (QED) is 0.209. The molecule has 0 amide bonds. The van der Waals surface area contributed by atoms with Gasteiger partial charge in [-0.15, -0.1) is 0 Å². The van der Waals surface area contributed by atoms with Crippen molar-refractivity contribution in [2.45, 2.75) is 130 Å². The van der Waals surface area contributed by atoms with Gasteiger partial charge in [0, 0.05) is 6.42 Å². The van der Waals surface area contributed by atoms with Crippen molar-refractivity contribution in [1.82, 2.24) is 0 Å². The number of rotatable bonds is 17. The summed E-state index contributed by atoms with van der Waals surface area (Å²) in [6.45, 7) is 6.65. The topological polar surface area (TPSA) is 26.3 Å². The summed E-state index contributed by atoms with van der Waals surface area (Å²) in [7, 11) is 0. The van der Waals surface area contributed by atoms with Gasteiger partial charge in [0.15, 0.2) is 0 Å². The van der Waals surface area contributed by atoms with Crippen LogP contribution in [0.25, 0.3) is 0 Å². The summed E-state index contributed by atoms with van der Waals surface area (Å²) in [5.74, 6) is 0.0305. The lowest BCUT2D eigenvalue weighted by atomic mass is 10.0. The van der Waals surface area contributed by atoms with Crippen molar-refractivity contribution in [3.05, 3.63) is 0 Å². The summed E-state index contributed by atoms with van der Waals surface area (Å²) in [6.07, 6.45) is 19.2. The van der Waals surface area contributed by atoms with Crippen LogP contribution in [0.15, 0.2) is 0 Å². The summed E-state index contributed by atoms with van der Waals surface area (Å²) in [5, 5.41) is 0. The van der Waals surface area contributed by atoms with Gasteiger partial charge in [-0.2, -0.15) is 0 Å². The second-order valence-corrected chi connectivity index (χ2v) is 6.97. The van der Waals surface area contributed by atoms with Crippen LogP contribution < -0.4 is 0 Å². The number of unbranched alkanes of at least 4 members (excludes halogenated alkanes) is 10. The lowest BCUT2D eigenvalue weighted by Gasteiger charge is -2.17. The van der Waals surface area contributed by atoms with Crippen LogP contribution in [0.5, 0.6) is 0 Å². The Balaban J connectivity index is 3.68. The first-order chi connectivity index (χ1) is 11.2. The molecule has 0 saturated heterocycles. The van der Waals surface area contributed by atoms with E-state index in [1.807, 2.05) is 0 Å². The van der Waals surface area contributed by atoms with Gasteiger partial charge in [0.05, 0.1) is 0 Å². The number of carbonyl (C=O) groups is 1. The fourth-order valence-corrected chi connectivity index (χ4v) is 3.03. The van der Waals surface area contributed by atoms with Crippen molar-refractivity contribution in [3.8, 4) is 0 Å². The van der Waals surface area contributed by atoms with Gasteiger partial charge >= 0.3 is 5.97 Å². The van der Waals surface area contributed by atoms with Crippen LogP contribution in [0.1, 0.15) is 124 Å². The van der Waals surface area contributed by atoms with Crippen LogP contribution in [0, 0.1) is 0 Å². The number of ether oxygens (including phenoxy) is 1. The second kappa shape index (κ2) is 17.8. The molecule has 0 rings (SSSR count). The van der Waals surface area contributed by atoms with Gasteiger partial charge in [0.1, 0.15) is 6.10 Å². The summed E-state index contributed by atoms with van der Waals surface area (Å²) >= 11 is 0. The molecule has 0 heterocycles. The Hall–Kier alpha value is -0.530. The fourth-order valence-electron chi connectivity index (χ4n) is 3.03. The van der Waals surface area contributed by atoms with E-state index in [9.17, 15) is 4.79 Å². The Labute approximate surface area is 145 Å². The second-order valence-electron chi connectivity index (χ2n) is 6.97. The van der Waals surface area contributed by atoms with Crippen molar-refractivity contribution in [2.24, 2.45) is 0 Å². The molecule has 0 radical (unpaired) electrons. The molecule has 138 valence electrons. The molecule has 2 heteroatoms. The summed E-state index contributed by atoms with van der Waals surface area (Å²) in [6, 6.07) is 0. The lowest BCUT2D eigenvalue weighted by molar-refractivity contribution is -0.150. The Morgan fingerprint density at radius 2 is 1.17 bits per heavy atom. The SMILES string of the molecule is CCCCCCCCCC(CCC)OC(=O)CCCCCCC. The van der Waals surface area contributed by atoms with Gasteiger partial charge in [-0.25, -0.2) is 0 Å². The number of esters is 1. The first-order valence-electron chi connectivity index (χ1n) is 10.4. The normalized spacial score (nSPS) is 12.3. The number of hydrogen-bond donors (Lipinski definition) is 0. The summed E-state index contributed by atoms with van der Waals surface area (Å²) in [5.41, 5.74) is 0. The summed E-state index contributed by atoms with van der Waals surface area (Å²) < 4.78 is 5.70. The number of hydrogen-bond acceptors (Lipinski definition) is 2. The molecule has 0 saturated carbocycles. The van der Waals surface area contributed by atoms with Gasteiger partial charge in [-0.1, -0.05) is 91.4 Å². The van der Waals surface area contributed by atoms with Crippen molar-refractivity contribution < 1.29 is 9.53 Å². The van der Waals surface area contributed by atoms with Crippen molar-refractivity contribution in [3.63, 3.8) is 0 Å². The van der Waals surface area contributed by atoms with Crippen LogP contribution in [-0.4, -0.2) is 12.1 Å². The largest absolute Gasteiger partial charge is 0.462 e.